The third-order valence-electron chi connectivity index (χ3n) is 3.47. The second kappa shape index (κ2) is 6.39. The summed E-state index contributed by atoms with van der Waals surface area (Å²) in [6.45, 7) is 3.51. The zero-order valence-corrected chi connectivity index (χ0v) is 12.1. The maximum absolute atomic E-state index is 11.9. The fourth-order valence-corrected chi connectivity index (χ4v) is 3.54. The van der Waals surface area contributed by atoms with E-state index in [1.54, 1.807) is 11.2 Å². The molecule has 1 saturated heterocycles. The molecule has 1 atom stereocenters. The van der Waals surface area contributed by atoms with Gasteiger partial charge in [-0.1, -0.05) is 18.2 Å². The fraction of sp³-hybridized carbons (Fsp3) is 0.571. The van der Waals surface area contributed by atoms with Crippen LogP contribution in [0, 0.1) is 5.92 Å². The van der Waals surface area contributed by atoms with Crippen molar-refractivity contribution in [2.75, 3.05) is 25.4 Å². The predicted octanol–water partition coefficient (Wildman–Crippen LogP) is 2.13. The van der Waals surface area contributed by atoms with Crippen LogP contribution in [0.4, 0.5) is 0 Å². The number of ether oxygens (including phenoxy) is 1. The Bertz CT molecular complexity index is 487. The van der Waals surface area contributed by atoms with E-state index >= 15 is 0 Å². The van der Waals surface area contributed by atoms with Gasteiger partial charge in [0.1, 0.15) is 5.75 Å². The van der Waals surface area contributed by atoms with Crippen molar-refractivity contribution in [3.63, 3.8) is 0 Å². The molecule has 0 N–H and O–H groups in total. The molecule has 0 radical (unpaired) electrons. The minimum Gasteiger partial charge on any atom is -0.493 e. The van der Waals surface area contributed by atoms with Crippen molar-refractivity contribution < 1.29 is 13.2 Å². The number of benzene rings is 1. The van der Waals surface area contributed by atoms with Gasteiger partial charge in [-0.25, -0.2) is 12.7 Å². The van der Waals surface area contributed by atoms with Crippen molar-refractivity contribution in [3.05, 3.63) is 30.3 Å². The molecule has 1 unspecified atom stereocenters. The van der Waals surface area contributed by atoms with Crippen molar-refractivity contribution in [2.24, 2.45) is 5.92 Å². The third kappa shape index (κ3) is 3.94. The average Bonchev–Trinajstić information content (AvgIpc) is 2.46. The van der Waals surface area contributed by atoms with Gasteiger partial charge in [-0.3, -0.25) is 0 Å². The van der Waals surface area contributed by atoms with Crippen molar-refractivity contribution in [2.45, 2.75) is 19.8 Å². The molecule has 0 amide bonds. The van der Waals surface area contributed by atoms with E-state index in [-0.39, 0.29) is 11.7 Å². The summed E-state index contributed by atoms with van der Waals surface area (Å²) in [7, 11) is -3.06. The molecule has 106 valence electrons. The Morgan fingerprint density at radius 3 is 2.74 bits per heavy atom. The van der Waals surface area contributed by atoms with Crippen LogP contribution in [-0.4, -0.2) is 38.2 Å². The standard InChI is InChI=1S/C14H21NO3S/c1-2-19(16,17)15-10-6-7-13(11-15)12-18-14-8-4-3-5-9-14/h3-5,8-9,13H,2,6-7,10-12H2,1H3. The molecule has 1 aromatic rings. The summed E-state index contributed by atoms with van der Waals surface area (Å²) in [5.74, 6) is 1.31. The summed E-state index contributed by atoms with van der Waals surface area (Å²) in [6, 6.07) is 9.66. The van der Waals surface area contributed by atoms with Gasteiger partial charge in [0.25, 0.3) is 0 Å². The van der Waals surface area contributed by atoms with Crippen LogP contribution in [0.25, 0.3) is 0 Å². The highest BCUT2D eigenvalue weighted by Crippen LogP contribution is 2.20. The summed E-state index contributed by atoms with van der Waals surface area (Å²) in [4.78, 5) is 0. The topological polar surface area (TPSA) is 46.6 Å². The first-order valence-electron chi connectivity index (χ1n) is 6.77. The molecule has 1 aliphatic heterocycles. The number of hydrogen-bond acceptors (Lipinski definition) is 3. The molecule has 19 heavy (non-hydrogen) atoms. The summed E-state index contributed by atoms with van der Waals surface area (Å²) in [5.41, 5.74) is 0. The van der Waals surface area contributed by atoms with Crippen molar-refractivity contribution >= 4 is 10.0 Å². The SMILES string of the molecule is CCS(=O)(=O)N1CCCC(COc2ccccc2)C1. The monoisotopic (exact) mass is 283 g/mol. The minimum atomic E-state index is -3.06. The van der Waals surface area contributed by atoms with E-state index < -0.39 is 10.0 Å². The first-order valence-corrected chi connectivity index (χ1v) is 8.38. The lowest BCUT2D eigenvalue weighted by atomic mass is 10.0. The number of piperidine rings is 1. The van der Waals surface area contributed by atoms with Crippen LogP contribution in [0.15, 0.2) is 30.3 Å². The number of sulfonamides is 1. The van der Waals surface area contributed by atoms with Crippen LogP contribution in [0.1, 0.15) is 19.8 Å². The third-order valence-corrected chi connectivity index (χ3v) is 5.32. The number of hydrogen-bond donors (Lipinski definition) is 0. The van der Waals surface area contributed by atoms with Crippen LogP contribution in [0.2, 0.25) is 0 Å². The summed E-state index contributed by atoms with van der Waals surface area (Å²) in [6.07, 6.45) is 1.95. The first-order chi connectivity index (χ1) is 9.12. The zero-order chi connectivity index (χ0) is 13.7. The molecule has 0 spiro atoms. The van der Waals surface area contributed by atoms with Gasteiger partial charge in [-0.2, -0.15) is 0 Å². The van der Waals surface area contributed by atoms with Crippen LogP contribution in [0.3, 0.4) is 0 Å². The van der Waals surface area contributed by atoms with Gasteiger partial charge in [0.05, 0.1) is 12.4 Å². The molecule has 2 rings (SSSR count). The molecule has 0 bridgehead atoms. The highest BCUT2D eigenvalue weighted by atomic mass is 32.2. The lowest BCUT2D eigenvalue weighted by molar-refractivity contribution is 0.180. The van der Waals surface area contributed by atoms with E-state index in [9.17, 15) is 8.42 Å². The molecule has 0 aromatic heterocycles. The van der Waals surface area contributed by atoms with Crippen LogP contribution >= 0.6 is 0 Å². The molecule has 1 aromatic carbocycles. The number of nitrogens with zero attached hydrogens (tertiary/aromatic N) is 1. The Morgan fingerprint density at radius 1 is 1.32 bits per heavy atom. The number of para-hydroxylation sites is 1. The van der Waals surface area contributed by atoms with Gasteiger partial charge in [-0.15, -0.1) is 0 Å². The summed E-state index contributed by atoms with van der Waals surface area (Å²) < 4.78 is 31.0. The molecule has 1 heterocycles. The lowest BCUT2D eigenvalue weighted by Crippen LogP contribution is -2.42. The van der Waals surface area contributed by atoms with Crippen LogP contribution in [0.5, 0.6) is 5.75 Å². The van der Waals surface area contributed by atoms with Crippen molar-refractivity contribution in [1.82, 2.24) is 4.31 Å². The minimum absolute atomic E-state index is 0.180. The van der Waals surface area contributed by atoms with Gasteiger partial charge in [-0.05, 0) is 31.9 Å². The summed E-state index contributed by atoms with van der Waals surface area (Å²) in [5, 5.41) is 0. The Balaban J connectivity index is 1.88. The molecular weight excluding hydrogens is 262 g/mol. The van der Waals surface area contributed by atoms with Gasteiger partial charge < -0.3 is 4.74 Å². The summed E-state index contributed by atoms with van der Waals surface area (Å²) >= 11 is 0. The molecule has 5 heteroatoms. The van der Waals surface area contributed by atoms with E-state index in [1.165, 1.54) is 0 Å². The molecule has 4 nitrogen and oxygen atoms in total. The lowest BCUT2D eigenvalue weighted by Gasteiger charge is -2.31. The predicted molar refractivity (Wildman–Crippen MR) is 75.7 cm³/mol. The highest BCUT2D eigenvalue weighted by molar-refractivity contribution is 7.89. The van der Waals surface area contributed by atoms with Crippen molar-refractivity contribution in [3.8, 4) is 5.75 Å². The normalized spacial score (nSPS) is 21.2. The van der Waals surface area contributed by atoms with Gasteiger partial charge >= 0.3 is 0 Å². The Labute approximate surface area is 115 Å². The fourth-order valence-electron chi connectivity index (χ4n) is 2.33. The van der Waals surface area contributed by atoms with E-state index in [1.807, 2.05) is 30.3 Å². The Hall–Kier alpha value is -1.07. The maximum atomic E-state index is 11.9. The largest absolute Gasteiger partial charge is 0.493 e. The van der Waals surface area contributed by atoms with Crippen molar-refractivity contribution in [1.29, 1.82) is 0 Å². The van der Waals surface area contributed by atoms with E-state index in [2.05, 4.69) is 0 Å². The zero-order valence-electron chi connectivity index (χ0n) is 11.3. The van der Waals surface area contributed by atoms with Crippen LogP contribution in [-0.2, 0) is 10.0 Å². The molecular formula is C14H21NO3S. The molecule has 0 saturated carbocycles. The van der Waals surface area contributed by atoms with E-state index in [4.69, 9.17) is 4.74 Å². The van der Waals surface area contributed by atoms with Gasteiger partial charge in [0.15, 0.2) is 0 Å². The van der Waals surface area contributed by atoms with Gasteiger partial charge in [0.2, 0.25) is 10.0 Å². The smallest absolute Gasteiger partial charge is 0.213 e. The van der Waals surface area contributed by atoms with E-state index in [0.717, 1.165) is 18.6 Å². The molecule has 0 aliphatic carbocycles. The molecule has 1 fully saturated rings. The maximum Gasteiger partial charge on any atom is 0.213 e. The Kier molecular flexibility index (Phi) is 4.82. The second-order valence-corrected chi connectivity index (χ2v) is 7.15. The Morgan fingerprint density at radius 2 is 2.05 bits per heavy atom. The average molecular weight is 283 g/mol. The van der Waals surface area contributed by atoms with Gasteiger partial charge in [0, 0.05) is 19.0 Å². The second-order valence-electron chi connectivity index (χ2n) is 4.89. The molecule has 1 aliphatic rings. The highest BCUT2D eigenvalue weighted by Gasteiger charge is 2.27. The first kappa shape index (κ1) is 14.3. The van der Waals surface area contributed by atoms with Crippen LogP contribution < -0.4 is 4.74 Å². The van der Waals surface area contributed by atoms with E-state index in [0.29, 0.717) is 19.7 Å². The number of rotatable bonds is 5. The quantitative estimate of drug-likeness (QED) is 0.831.